The van der Waals surface area contributed by atoms with Crippen LogP contribution in [0.4, 0.5) is 4.39 Å². The zero-order valence-electron chi connectivity index (χ0n) is 11.4. The highest BCUT2D eigenvalue weighted by Gasteiger charge is 2.09. The number of benzene rings is 1. The van der Waals surface area contributed by atoms with Gasteiger partial charge in [0.1, 0.15) is 5.82 Å². The average molecular weight is 277 g/mol. The molecular formula is C16H20FNS. The molecule has 2 atom stereocenters. The smallest absolute Gasteiger partial charge is 0.123 e. The Kier molecular flexibility index (Phi) is 5.11. The van der Waals surface area contributed by atoms with Gasteiger partial charge in [0.25, 0.3) is 0 Å². The van der Waals surface area contributed by atoms with Crippen molar-refractivity contribution in [2.45, 2.75) is 38.8 Å². The molecule has 0 radical (unpaired) electrons. The quantitative estimate of drug-likeness (QED) is 0.840. The monoisotopic (exact) mass is 277 g/mol. The summed E-state index contributed by atoms with van der Waals surface area (Å²) in [4.78, 5) is 1.41. The molecule has 1 heterocycles. The Morgan fingerprint density at radius 1 is 1.05 bits per heavy atom. The van der Waals surface area contributed by atoms with Crippen LogP contribution in [-0.2, 0) is 12.8 Å². The molecule has 0 spiro atoms. The maximum atomic E-state index is 12.8. The minimum Gasteiger partial charge on any atom is -0.311 e. The van der Waals surface area contributed by atoms with Gasteiger partial charge in [-0.15, -0.1) is 11.3 Å². The lowest BCUT2D eigenvalue weighted by Crippen LogP contribution is -2.37. The molecule has 2 unspecified atom stereocenters. The fourth-order valence-electron chi connectivity index (χ4n) is 2.31. The predicted molar refractivity (Wildman–Crippen MR) is 80.2 cm³/mol. The number of thiophene rings is 1. The highest BCUT2D eigenvalue weighted by Crippen LogP contribution is 2.12. The molecule has 0 aliphatic heterocycles. The summed E-state index contributed by atoms with van der Waals surface area (Å²) >= 11 is 1.80. The first-order chi connectivity index (χ1) is 9.13. The Morgan fingerprint density at radius 2 is 1.74 bits per heavy atom. The van der Waals surface area contributed by atoms with E-state index in [1.165, 1.54) is 22.6 Å². The van der Waals surface area contributed by atoms with E-state index in [-0.39, 0.29) is 5.82 Å². The van der Waals surface area contributed by atoms with Crippen LogP contribution in [0.3, 0.4) is 0 Å². The lowest BCUT2D eigenvalue weighted by atomic mass is 10.1. The number of halogens is 1. The van der Waals surface area contributed by atoms with Gasteiger partial charge in [0.05, 0.1) is 0 Å². The molecule has 1 aromatic heterocycles. The Bertz CT molecular complexity index is 478. The van der Waals surface area contributed by atoms with E-state index in [4.69, 9.17) is 0 Å². The molecule has 0 saturated carbocycles. The summed E-state index contributed by atoms with van der Waals surface area (Å²) < 4.78 is 12.8. The lowest BCUT2D eigenvalue weighted by molar-refractivity contribution is 0.464. The van der Waals surface area contributed by atoms with E-state index < -0.39 is 0 Å². The lowest BCUT2D eigenvalue weighted by Gasteiger charge is -2.19. The first kappa shape index (κ1) is 14.2. The molecule has 0 aliphatic rings. The van der Waals surface area contributed by atoms with Gasteiger partial charge in [0.2, 0.25) is 0 Å². The second kappa shape index (κ2) is 6.83. The van der Waals surface area contributed by atoms with E-state index in [1.54, 1.807) is 11.3 Å². The summed E-state index contributed by atoms with van der Waals surface area (Å²) in [6.07, 6.45) is 1.99. The van der Waals surface area contributed by atoms with Crippen molar-refractivity contribution in [2.24, 2.45) is 0 Å². The van der Waals surface area contributed by atoms with Gasteiger partial charge in [-0.1, -0.05) is 18.2 Å². The zero-order chi connectivity index (χ0) is 13.7. The van der Waals surface area contributed by atoms with Crippen molar-refractivity contribution in [1.29, 1.82) is 0 Å². The molecular weight excluding hydrogens is 257 g/mol. The molecule has 19 heavy (non-hydrogen) atoms. The maximum Gasteiger partial charge on any atom is 0.123 e. The fourth-order valence-corrected chi connectivity index (χ4v) is 3.14. The molecule has 0 amide bonds. The Hall–Kier alpha value is -1.19. The van der Waals surface area contributed by atoms with Gasteiger partial charge in [0, 0.05) is 17.0 Å². The third-order valence-corrected chi connectivity index (χ3v) is 4.01. The largest absolute Gasteiger partial charge is 0.311 e. The van der Waals surface area contributed by atoms with Crippen molar-refractivity contribution in [2.75, 3.05) is 0 Å². The standard InChI is InChI=1S/C16H20FNS/c1-12(10-14-5-7-15(17)8-6-14)18-13(2)11-16-4-3-9-19-16/h3-9,12-13,18H,10-11H2,1-2H3. The Morgan fingerprint density at radius 3 is 2.37 bits per heavy atom. The van der Waals surface area contributed by atoms with Crippen LogP contribution in [0.5, 0.6) is 0 Å². The van der Waals surface area contributed by atoms with Gasteiger partial charge in [-0.25, -0.2) is 4.39 Å². The average Bonchev–Trinajstić information content (AvgIpc) is 2.84. The molecule has 0 aliphatic carbocycles. The topological polar surface area (TPSA) is 12.0 Å². The van der Waals surface area contributed by atoms with E-state index in [1.807, 2.05) is 12.1 Å². The van der Waals surface area contributed by atoms with Crippen molar-refractivity contribution in [1.82, 2.24) is 5.32 Å². The summed E-state index contributed by atoms with van der Waals surface area (Å²) in [7, 11) is 0. The van der Waals surface area contributed by atoms with Crippen LogP contribution < -0.4 is 5.32 Å². The van der Waals surface area contributed by atoms with Crippen molar-refractivity contribution < 1.29 is 4.39 Å². The van der Waals surface area contributed by atoms with Crippen molar-refractivity contribution in [3.8, 4) is 0 Å². The van der Waals surface area contributed by atoms with Gasteiger partial charge in [0.15, 0.2) is 0 Å². The highest BCUT2D eigenvalue weighted by atomic mass is 32.1. The molecule has 1 aromatic carbocycles. The fraction of sp³-hybridized carbons (Fsp3) is 0.375. The summed E-state index contributed by atoms with van der Waals surface area (Å²) in [5.41, 5.74) is 1.17. The molecule has 102 valence electrons. The van der Waals surface area contributed by atoms with E-state index in [0.29, 0.717) is 12.1 Å². The van der Waals surface area contributed by atoms with Crippen LogP contribution in [0.15, 0.2) is 41.8 Å². The summed E-state index contributed by atoms with van der Waals surface area (Å²) in [5, 5.41) is 5.71. The molecule has 0 saturated heterocycles. The first-order valence-electron chi connectivity index (χ1n) is 6.66. The second-order valence-electron chi connectivity index (χ2n) is 5.08. The van der Waals surface area contributed by atoms with Crippen molar-refractivity contribution in [3.63, 3.8) is 0 Å². The molecule has 1 nitrogen and oxygen atoms in total. The zero-order valence-corrected chi connectivity index (χ0v) is 12.2. The minimum atomic E-state index is -0.171. The molecule has 2 rings (SSSR count). The van der Waals surface area contributed by atoms with Gasteiger partial charge >= 0.3 is 0 Å². The number of hydrogen-bond acceptors (Lipinski definition) is 2. The molecule has 0 bridgehead atoms. The Labute approximate surface area is 118 Å². The van der Waals surface area contributed by atoms with Gasteiger partial charge in [-0.2, -0.15) is 0 Å². The van der Waals surface area contributed by atoms with Crippen molar-refractivity contribution in [3.05, 3.63) is 58.0 Å². The summed E-state index contributed by atoms with van der Waals surface area (Å²) in [6, 6.07) is 11.9. The predicted octanol–water partition coefficient (Wildman–Crippen LogP) is 4.04. The summed E-state index contributed by atoms with van der Waals surface area (Å²) in [5.74, 6) is -0.171. The number of rotatable bonds is 6. The van der Waals surface area contributed by atoms with Crippen LogP contribution >= 0.6 is 11.3 Å². The third-order valence-electron chi connectivity index (χ3n) is 3.11. The maximum absolute atomic E-state index is 12.8. The highest BCUT2D eigenvalue weighted by molar-refractivity contribution is 7.09. The Balaban J connectivity index is 1.80. The SMILES string of the molecule is CC(Cc1ccc(F)cc1)NC(C)Cc1cccs1. The van der Waals surface area contributed by atoms with E-state index in [9.17, 15) is 4.39 Å². The van der Waals surface area contributed by atoms with Crippen LogP contribution in [0, 0.1) is 5.82 Å². The van der Waals surface area contributed by atoms with Crippen LogP contribution in [0.1, 0.15) is 24.3 Å². The van der Waals surface area contributed by atoms with Crippen LogP contribution in [0.25, 0.3) is 0 Å². The van der Waals surface area contributed by atoms with Crippen LogP contribution in [0.2, 0.25) is 0 Å². The van der Waals surface area contributed by atoms with Gasteiger partial charge in [-0.3, -0.25) is 0 Å². The van der Waals surface area contributed by atoms with E-state index in [2.05, 4.69) is 36.7 Å². The van der Waals surface area contributed by atoms with Gasteiger partial charge < -0.3 is 5.32 Å². The van der Waals surface area contributed by atoms with Crippen LogP contribution in [-0.4, -0.2) is 12.1 Å². The number of nitrogens with one attached hydrogen (secondary N) is 1. The second-order valence-corrected chi connectivity index (χ2v) is 6.12. The molecule has 0 fully saturated rings. The summed E-state index contributed by atoms with van der Waals surface area (Å²) in [6.45, 7) is 4.38. The third kappa shape index (κ3) is 4.77. The van der Waals surface area contributed by atoms with Gasteiger partial charge in [-0.05, 0) is 55.8 Å². The normalized spacial score (nSPS) is 14.3. The van der Waals surface area contributed by atoms with Crippen molar-refractivity contribution >= 4 is 11.3 Å². The van der Waals surface area contributed by atoms with E-state index in [0.717, 1.165) is 12.8 Å². The molecule has 3 heteroatoms. The number of hydrogen-bond donors (Lipinski definition) is 1. The molecule has 2 aromatic rings. The first-order valence-corrected chi connectivity index (χ1v) is 7.54. The molecule has 1 N–H and O–H groups in total. The van der Waals surface area contributed by atoms with E-state index >= 15 is 0 Å². The minimum absolute atomic E-state index is 0.171.